The van der Waals surface area contributed by atoms with Crippen LogP contribution in [0.2, 0.25) is 0 Å². The topological polar surface area (TPSA) is 63.6 Å². The zero-order valence-corrected chi connectivity index (χ0v) is 12.8. The van der Waals surface area contributed by atoms with E-state index in [2.05, 4.69) is 0 Å². The van der Waals surface area contributed by atoms with Crippen molar-refractivity contribution in [3.8, 4) is 5.75 Å². The molecule has 0 heterocycles. The molecule has 1 aromatic carbocycles. The van der Waals surface area contributed by atoms with Gasteiger partial charge in [0.2, 0.25) is 0 Å². The third-order valence-corrected chi connectivity index (χ3v) is 3.97. The minimum Gasteiger partial charge on any atom is -0.494 e. The number of hydrogen-bond acceptors (Lipinski definition) is 4. The van der Waals surface area contributed by atoms with Crippen molar-refractivity contribution in [2.75, 3.05) is 6.61 Å². The van der Waals surface area contributed by atoms with E-state index in [4.69, 9.17) is 9.84 Å². The Kier molecular flexibility index (Phi) is 6.58. The monoisotopic (exact) mass is 296 g/mol. The Hall–Kier alpha value is -1.49. The highest BCUT2D eigenvalue weighted by Gasteiger charge is 2.12. The van der Waals surface area contributed by atoms with Crippen LogP contribution in [-0.2, 0) is 10.5 Å². The Labute approximate surface area is 123 Å². The number of benzene rings is 1. The lowest BCUT2D eigenvalue weighted by atomic mass is 10.1. The molecular weight excluding hydrogens is 276 g/mol. The zero-order chi connectivity index (χ0) is 15.1. The van der Waals surface area contributed by atoms with Crippen LogP contribution in [-0.4, -0.2) is 28.7 Å². The van der Waals surface area contributed by atoms with Crippen molar-refractivity contribution in [3.63, 3.8) is 0 Å². The van der Waals surface area contributed by atoms with Gasteiger partial charge in [0.1, 0.15) is 5.75 Å². The van der Waals surface area contributed by atoms with Crippen LogP contribution in [0.5, 0.6) is 5.75 Å². The molecule has 0 fully saturated rings. The lowest BCUT2D eigenvalue weighted by molar-refractivity contribution is -0.136. The van der Waals surface area contributed by atoms with E-state index in [-0.39, 0.29) is 17.5 Å². The smallest absolute Gasteiger partial charge is 0.304 e. The molecule has 4 nitrogen and oxygen atoms in total. The third kappa shape index (κ3) is 5.25. The van der Waals surface area contributed by atoms with Gasteiger partial charge in [-0.15, -0.1) is 0 Å². The van der Waals surface area contributed by atoms with Crippen molar-refractivity contribution in [2.24, 2.45) is 0 Å². The lowest BCUT2D eigenvalue weighted by Crippen LogP contribution is -2.06. The Morgan fingerprint density at radius 3 is 2.65 bits per heavy atom. The number of hydrogen-bond donors (Lipinski definition) is 1. The molecule has 0 aliphatic carbocycles. The lowest BCUT2D eigenvalue weighted by Gasteiger charge is -2.13. The number of carboxylic acid groups (broad SMARTS) is 1. The summed E-state index contributed by atoms with van der Waals surface area (Å²) in [6.07, 6.45) is 0.126. The van der Waals surface area contributed by atoms with E-state index in [9.17, 15) is 9.59 Å². The fraction of sp³-hybridized carbons (Fsp3) is 0.467. The predicted molar refractivity (Wildman–Crippen MR) is 80.6 cm³/mol. The van der Waals surface area contributed by atoms with Crippen LogP contribution in [0.3, 0.4) is 0 Å². The number of carbonyl (C=O) groups is 2. The average molecular weight is 296 g/mol. The summed E-state index contributed by atoms with van der Waals surface area (Å²) in [6, 6.07) is 5.38. The second-order valence-electron chi connectivity index (χ2n) is 4.53. The third-order valence-electron chi connectivity index (χ3n) is 2.75. The molecule has 0 bridgehead atoms. The van der Waals surface area contributed by atoms with Gasteiger partial charge in [-0.05, 0) is 32.0 Å². The first-order valence-electron chi connectivity index (χ1n) is 6.54. The molecule has 1 rings (SSSR count). The van der Waals surface area contributed by atoms with Crippen LogP contribution in [0.25, 0.3) is 0 Å². The van der Waals surface area contributed by atoms with E-state index < -0.39 is 5.97 Å². The van der Waals surface area contributed by atoms with Gasteiger partial charge in [-0.2, -0.15) is 11.8 Å². The van der Waals surface area contributed by atoms with Crippen LogP contribution in [0.4, 0.5) is 0 Å². The number of ketones is 1. The number of carboxylic acids is 1. The van der Waals surface area contributed by atoms with Crippen LogP contribution < -0.4 is 4.74 Å². The molecule has 0 amide bonds. The summed E-state index contributed by atoms with van der Waals surface area (Å²) >= 11 is 1.55. The Morgan fingerprint density at radius 2 is 2.10 bits per heavy atom. The van der Waals surface area contributed by atoms with E-state index in [1.807, 2.05) is 19.9 Å². The number of carbonyl (C=O) groups excluding carboxylic acids is 1. The SMILES string of the molecule is CCOc1ccc(C(C)=O)cc1CSC(C)CC(=O)O. The molecule has 1 aromatic rings. The number of rotatable bonds is 8. The van der Waals surface area contributed by atoms with Gasteiger partial charge < -0.3 is 9.84 Å². The Bertz CT molecular complexity index is 485. The van der Waals surface area contributed by atoms with E-state index in [1.165, 1.54) is 6.92 Å². The maximum absolute atomic E-state index is 11.4. The molecule has 1 N–H and O–H groups in total. The summed E-state index contributed by atoms with van der Waals surface area (Å²) in [5, 5.41) is 8.77. The van der Waals surface area contributed by atoms with Crippen molar-refractivity contribution in [1.82, 2.24) is 0 Å². The minimum atomic E-state index is -0.799. The molecule has 0 spiro atoms. The summed E-state index contributed by atoms with van der Waals surface area (Å²) < 4.78 is 5.54. The molecule has 1 atom stereocenters. The second kappa shape index (κ2) is 7.94. The molecule has 0 saturated heterocycles. The standard InChI is InChI=1S/C15H20O4S/c1-4-19-14-6-5-12(11(3)16)8-13(14)9-20-10(2)7-15(17)18/h5-6,8,10H,4,7,9H2,1-3H3,(H,17,18). The number of thioether (sulfide) groups is 1. The van der Waals surface area contributed by atoms with Gasteiger partial charge >= 0.3 is 5.97 Å². The Balaban J connectivity index is 2.81. The summed E-state index contributed by atoms with van der Waals surface area (Å²) in [7, 11) is 0. The summed E-state index contributed by atoms with van der Waals surface area (Å²) in [5.41, 5.74) is 1.58. The molecule has 5 heteroatoms. The van der Waals surface area contributed by atoms with Gasteiger partial charge in [0.15, 0.2) is 5.78 Å². The van der Waals surface area contributed by atoms with E-state index in [0.29, 0.717) is 17.9 Å². The number of ether oxygens (including phenoxy) is 1. The van der Waals surface area contributed by atoms with Gasteiger partial charge in [-0.25, -0.2) is 0 Å². The van der Waals surface area contributed by atoms with Crippen molar-refractivity contribution < 1.29 is 19.4 Å². The van der Waals surface area contributed by atoms with Gasteiger partial charge in [-0.3, -0.25) is 9.59 Å². The molecule has 0 aliphatic rings. The van der Waals surface area contributed by atoms with Crippen molar-refractivity contribution >= 4 is 23.5 Å². The molecule has 20 heavy (non-hydrogen) atoms. The van der Waals surface area contributed by atoms with Gasteiger partial charge in [0, 0.05) is 22.1 Å². The first kappa shape index (κ1) is 16.6. The first-order valence-corrected chi connectivity index (χ1v) is 7.59. The first-order chi connectivity index (χ1) is 9.43. The van der Waals surface area contributed by atoms with Crippen molar-refractivity contribution in [1.29, 1.82) is 0 Å². The van der Waals surface area contributed by atoms with E-state index in [0.717, 1.165) is 11.3 Å². The average Bonchev–Trinajstić information content (AvgIpc) is 2.36. The highest BCUT2D eigenvalue weighted by molar-refractivity contribution is 7.99. The van der Waals surface area contributed by atoms with Gasteiger partial charge in [-0.1, -0.05) is 6.92 Å². The van der Waals surface area contributed by atoms with E-state index >= 15 is 0 Å². The summed E-state index contributed by atoms with van der Waals surface area (Å²) in [4.78, 5) is 22.1. The summed E-state index contributed by atoms with van der Waals surface area (Å²) in [5.74, 6) is 0.600. The molecule has 0 aromatic heterocycles. The quantitative estimate of drug-likeness (QED) is 0.745. The van der Waals surface area contributed by atoms with Crippen LogP contribution >= 0.6 is 11.8 Å². The fourth-order valence-corrected chi connectivity index (χ4v) is 2.69. The highest BCUT2D eigenvalue weighted by atomic mass is 32.2. The molecule has 0 aliphatic heterocycles. The van der Waals surface area contributed by atoms with Crippen LogP contribution in [0.15, 0.2) is 18.2 Å². The van der Waals surface area contributed by atoms with Crippen LogP contribution in [0, 0.1) is 0 Å². The molecule has 0 radical (unpaired) electrons. The maximum Gasteiger partial charge on any atom is 0.304 e. The number of aliphatic carboxylic acids is 1. The highest BCUT2D eigenvalue weighted by Crippen LogP contribution is 2.28. The van der Waals surface area contributed by atoms with Crippen LogP contribution in [0.1, 0.15) is 43.1 Å². The van der Waals surface area contributed by atoms with Gasteiger partial charge in [0.05, 0.1) is 13.0 Å². The molecule has 1 unspecified atom stereocenters. The van der Waals surface area contributed by atoms with Crippen molar-refractivity contribution in [2.45, 2.75) is 38.2 Å². The molecule has 110 valence electrons. The maximum atomic E-state index is 11.4. The predicted octanol–water partition coefficient (Wildman–Crippen LogP) is 3.38. The zero-order valence-electron chi connectivity index (χ0n) is 12.0. The van der Waals surface area contributed by atoms with Crippen molar-refractivity contribution in [3.05, 3.63) is 29.3 Å². The second-order valence-corrected chi connectivity index (χ2v) is 5.96. The minimum absolute atomic E-state index is 0.0119. The Morgan fingerprint density at radius 1 is 1.40 bits per heavy atom. The normalized spacial score (nSPS) is 11.9. The van der Waals surface area contributed by atoms with E-state index in [1.54, 1.807) is 23.9 Å². The van der Waals surface area contributed by atoms with Gasteiger partial charge in [0.25, 0.3) is 0 Å². The molecular formula is C15H20O4S. The number of Topliss-reactive ketones (excluding diaryl/α,β-unsaturated/α-hetero) is 1. The largest absolute Gasteiger partial charge is 0.494 e. The molecule has 0 saturated carbocycles. The summed E-state index contributed by atoms with van der Waals surface area (Å²) in [6.45, 7) is 5.87. The fourth-order valence-electron chi connectivity index (χ4n) is 1.74.